The molecule has 2 aliphatic carbocycles. The van der Waals surface area contributed by atoms with Crippen molar-refractivity contribution in [1.29, 1.82) is 0 Å². The number of hydrogen-bond donors (Lipinski definition) is 0. The van der Waals surface area contributed by atoms with Crippen molar-refractivity contribution >= 4 is 23.7 Å². The maximum absolute atomic E-state index is 14.5. The number of fused-ring (bicyclic) bond motifs is 4. The first-order chi connectivity index (χ1) is 19.7. The first kappa shape index (κ1) is 29.5. The SMILES string of the molecule is CC(=O)OC[C@@]1(C)[C@@H]2C[C@H](OC(C)=O)[C@@]3(C)Oc4cc(-c5cccnc5)oc(=O)c4C(=O)[C@@H]3[C@@]2(C)CC[C@@H]1OC(C)=O. The summed E-state index contributed by atoms with van der Waals surface area (Å²) in [6.07, 6.45) is 2.61. The van der Waals surface area contributed by atoms with Crippen LogP contribution >= 0.6 is 0 Å². The predicted molar refractivity (Wildman–Crippen MR) is 146 cm³/mol. The highest BCUT2D eigenvalue weighted by atomic mass is 16.6. The second-order valence-corrected chi connectivity index (χ2v) is 12.3. The number of hydrogen-bond acceptors (Lipinski definition) is 11. The van der Waals surface area contributed by atoms with Gasteiger partial charge >= 0.3 is 23.5 Å². The molecule has 0 amide bonds. The lowest BCUT2D eigenvalue weighted by Gasteiger charge is -2.65. The van der Waals surface area contributed by atoms with Crippen molar-refractivity contribution in [2.45, 2.75) is 78.6 Å². The molecular weight excluding hydrogens is 546 g/mol. The highest BCUT2D eigenvalue weighted by molar-refractivity contribution is 6.02. The summed E-state index contributed by atoms with van der Waals surface area (Å²) >= 11 is 0. The van der Waals surface area contributed by atoms with Crippen LogP contribution in [0.5, 0.6) is 5.75 Å². The molecule has 224 valence electrons. The summed E-state index contributed by atoms with van der Waals surface area (Å²) in [5.74, 6) is -3.19. The van der Waals surface area contributed by atoms with Gasteiger partial charge in [0.1, 0.15) is 35.9 Å². The van der Waals surface area contributed by atoms with Crippen molar-refractivity contribution in [2.24, 2.45) is 22.7 Å². The number of nitrogens with zero attached hydrogens (tertiary/aromatic N) is 1. The fraction of sp³-hybridized carbons (Fsp3) is 0.548. The van der Waals surface area contributed by atoms with Gasteiger partial charge in [0.15, 0.2) is 11.4 Å². The van der Waals surface area contributed by atoms with Crippen LogP contribution in [-0.2, 0) is 28.6 Å². The summed E-state index contributed by atoms with van der Waals surface area (Å²) in [7, 11) is 0. The Morgan fingerprint density at radius 1 is 1.02 bits per heavy atom. The maximum Gasteiger partial charge on any atom is 0.351 e. The van der Waals surface area contributed by atoms with Gasteiger partial charge in [-0.1, -0.05) is 13.8 Å². The van der Waals surface area contributed by atoms with E-state index in [1.165, 1.54) is 33.0 Å². The highest BCUT2D eigenvalue weighted by Gasteiger charge is 2.71. The molecule has 42 heavy (non-hydrogen) atoms. The number of aromatic nitrogens is 1. The monoisotopic (exact) mass is 581 g/mol. The molecule has 0 unspecified atom stereocenters. The number of ketones is 1. The van der Waals surface area contributed by atoms with Crippen LogP contribution in [0.15, 0.2) is 39.8 Å². The Morgan fingerprint density at radius 3 is 2.33 bits per heavy atom. The van der Waals surface area contributed by atoms with Gasteiger partial charge in [-0.25, -0.2) is 4.79 Å². The third kappa shape index (κ3) is 4.68. The Hall–Kier alpha value is -4.02. The molecule has 2 fully saturated rings. The Kier molecular flexibility index (Phi) is 7.27. The minimum absolute atomic E-state index is 0.0457. The third-order valence-electron chi connectivity index (χ3n) is 9.50. The standard InChI is InChI=1S/C31H35NO10/c1-16(33)38-15-30(5)22-13-24(40-18(3)35)31(6)27(29(22,4)10-9-23(30)39-17(2)34)26(36)25-21(42-31)12-20(41-28(25)37)19-8-7-11-32-14-19/h7-8,11-12,14,22-24,27H,9-10,13,15H2,1-6H3/t22-,23+,24+,27-,29+,30+,31-/m1/s1. The van der Waals surface area contributed by atoms with Crippen LogP contribution < -0.4 is 10.4 Å². The normalized spacial score (nSPS) is 33.2. The molecule has 0 saturated heterocycles. The Bertz CT molecular complexity index is 1500. The van der Waals surface area contributed by atoms with Crippen LogP contribution in [0.1, 0.15) is 71.2 Å². The topological polar surface area (TPSA) is 148 Å². The molecule has 11 heteroatoms. The number of carbonyl (C=O) groups excluding carboxylic acids is 4. The molecule has 0 N–H and O–H groups in total. The van der Waals surface area contributed by atoms with E-state index in [4.69, 9.17) is 23.4 Å². The smallest absolute Gasteiger partial charge is 0.351 e. The van der Waals surface area contributed by atoms with Gasteiger partial charge < -0.3 is 23.4 Å². The minimum atomic E-state index is -1.35. The molecule has 11 nitrogen and oxygen atoms in total. The van der Waals surface area contributed by atoms with Crippen molar-refractivity contribution in [3.63, 3.8) is 0 Å². The van der Waals surface area contributed by atoms with E-state index in [-0.39, 0.29) is 30.1 Å². The molecule has 0 radical (unpaired) electrons. The second kappa shape index (κ2) is 10.4. The van der Waals surface area contributed by atoms with Crippen molar-refractivity contribution in [3.8, 4) is 17.1 Å². The van der Waals surface area contributed by atoms with Crippen LogP contribution in [0.4, 0.5) is 0 Å². The largest absolute Gasteiger partial charge is 0.482 e. The molecule has 7 atom stereocenters. The maximum atomic E-state index is 14.5. The zero-order chi connectivity index (χ0) is 30.6. The number of carbonyl (C=O) groups is 4. The van der Waals surface area contributed by atoms with E-state index in [0.29, 0.717) is 18.4 Å². The lowest BCUT2D eigenvalue weighted by Crippen LogP contribution is -2.72. The summed E-state index contributed by atoms with van der Waals surface area (Å²) in [5, 5.41) is 0. The summed E-state index contributed by atoms with van der Waals surface area (Å²) < 4.78 is 29.3. The molecule has 0 aromatic carbocycles. The fourth-order valence-corrected chi connectivity index (χ4v) is 7.80. The Morgan fingerprint density at radius 2 is 1.71 bits per heavy atom. The molecule has 5 rings (SSSR count). The van der Waals surface area contributed by atoms with Crippen LogP contribution in [0, 0.1) is 22.7 Å². The number of rotatable bonds is 5. The van der Waals surface area contributed by atoms with E-state index in [1.807, 2.05) is 13.8 Å². The van der Waals surface area contributed by atoms with Gasteiger partial charge in [0.25, 0.3) is 0 Å². The van der Waals surface area contributed by atoms with Gasteiger partial charge in [0.2, 0.25) is 0 Å². The van der Waals surface area contributed by atoms with Gasteiger partial charge in [-0.15, -0.1) is 0 Å². The van der Waals surface area contributed by atoms with E-state index in [1.54, 1.807) is 25.3 Å². The van der Waals surface area contributed by atoms with E-state index >= 15 is 0 Å². The van der Waals surface area contributed by atoms with Crippen LogP contribution in [0.2, 0.25) is 0 Å². The van der Waals surface area contributed by atoms with Crippen molar-refractivity contribution in [1.82, 2.24) is 4.98 Å². The molecular formula is C31H35NO10. The number of pyridine rings is 1. The number of ether oxygens (including phenoxy) is 4. The average Bonchev–Trinajstić information content (AvgIpc) is 2.90. The third-order valence-corrected chi connectivity index (χ3v) is 9.50. The number of esters is 3. The molecule has 3 heterocycles. The summed E-state index contributed by atoms with van der Waals surface area (Å²) in [4.78, 5) is 68.3. The van der Waals surface area contributed by atoms with E-state index in [0.717, 1.165) is 0 Å². The van der Waals surface area contributed by atoms with Gasteiger partial charge in [-0.3, -0.25) is 24.2 Å². The number of Topliss-reactive ketones (excluding diaryl/α,β-unsaturated/α-hetero) is 1. The predicted octanol–water partition coefficient (Wildman–Crippen LogP) is 3.90. The van der Waals surface area contributed by atoms with Crippen LogP contribution in [-0.4, -0.2) is 53.1 Å². The van der Waals surface area contributed by atoms with Crippen molar-refractivity contribution in [3.05, 3.63) is 46.6 Å². The molecule has 3 aliphatic rings. The zero-order valence-corrected chi connectivity index (χ0v) is 24.6. The quantitative estimate of drug-likeness (QED) is 0.374. The highest BCUT2D eigenvalue weighted by Crippen LogP contribution is 2.65. The van der Waals surface area contributed by atoms with Gasteiger partial charge in [-0.05, 0) is 49.7 Å². The van der Waals surface area contributed by atoms with Crippen LogP contribution in [0.3, 0.4) is 0 Å². The zero-order valence-electron chi connectivity index (χ0n) is 24.6. The fourth-order valence-electron chi connectivity index (χ4n) is 7.80. The average molecular weight is 582 g/mol. The lowest BCUT2D eigenvalue weighted by molar-refractivity contribution is -0.240. The van der Waals surface area contributed by atoms with E-state index < -0.39 is 69.8 Å². The molecule has 2 saturated carbocycles. The summed E-state index contributed by atoms with van der Waals surface area (Å²) in [6, 6.07) is 4.90. The lowest BCUT2D eigenvalue weighted by atomic mass is 9.43. The first-order valence-corrected chi connectivity index (χ1v) is 14.0. The minimum Gasteiger partial charge on any atom is -0.482 e. The Balaban J connectivity index is 1.67. The molecule has 2 aromatic heterocycles. The second-order valence-electron chi connectivity index (χ2n) is 12.3. The molecule has 1 aliphatic heterocycles. The molecule has 2 aromatic rings. The van der Waals surface area contributed by atoms with Crippen molar-refractivity contribution < 1.29 is 42.5 Å². The van der Waals surface area contributed by atoms with Gasteiger partial charge in [0.05, 0.1) is 5.92 Å². The van der Waals surface area contributed by atoms with E-state index in [2.05, 4.69) is 4.98 Å². The summed E-state index contributed by atoms with van der Waals surface area (Å²) in [6.45, 7) is 9.33. The Labute approximate surface area is 242 Å². The first-order valence-electron chi connectivity index (χ1n) is 14.0. The summed E-state index contributed by atoms with van der Waals surface area (Å²) in [5.41, 5.74) is -3.66. The van der Waals surface area contributed by atoms with Gasteiger partial charge in [-0.2, -0.15) is 0 Å². The van der Waals surface area contributed by atoms with E-state index in [9.17, 15) is 24.0 Å². The molecule has 0 bridgehead atoms. The molecule has 0 spiro atoms. The van der Waals surface area contributed by atoms with Crippen molar-refractivity contribution in [2.75, 3.05) is 6.61 Å². The van der Waals surface area contributed by atoms with Crippen LogP contribution in [0.25, 0.3) is 11.3 Å². The van der Waals surface area contributed by atoms with Gasteiger partial charge in [0, 0.05) is 50.2 Å².